The van der Waals surface area contributed by atoms with Crippen LogP contribution in [0.5, 0.6) is 17.2 Å². The average Bonchev–Trinajstić information content (AvgIpc) is 3.51. The number of halogens is 1. The lowest BCUT2D eigenvalue weighted by Crippen LogP contribution is -2.41. The van der Waals surface area contributed by atoms with E-state index >= 15 is 0 Å². The topological polar surface area (TPSA) is 137 Å². The number of hydrogen-bond donors (Lipinski definition) is 1. The number of urea groups is 1. The van der Waals surface area contributed by atoms with E-state index in [9.17, 15) is 18.0 Å². The molecule has 174 valence electrons. The van der Waals surface area contributed by atoms with E-state index in [1.165, 1.54) is 38.5 Å². The molecule has 0 saturated carbocycles. The Kier molecular flexibility index (Phi) is 5.95. The molecular formula is C19H16ClN3O8S2. The highest BCUT2D eigenvalue weighted by Crippen LogP contribution is 2.51. The maximum absolute atomic E-state index is 13.4. The Morgan fingerprint density at radius 3 is 2.67 bits per heavy atom. The monoisotopic (exact) mass is 513 g/mol. The summed E-state index contributed by atoms with van der Waals surface area (Å²) >= 11 is 7.44. The smallest absolute Gasteiger partial charge is 0.343 e. The first-order valence-electron chi connectivity index (χ1n) is 9.18. The molecule has 0 radical (unpaired) electrons. The number of nitrogens with one attached hydrogen (secondary N) is 1. The van der Waals surface area contributed by atoms with Crippen molar-refractivity contribution in [1.29, 1.82) is 0 Å². The summed E-state index contributed by atoms with van der Waals surface area (Å²) in [4.78, 5) is 26.6. The first-order chi connectivity index (χ1) is 15.7. The second-order valence-corrected chi connectivity index (χ2v) is 9.53. The van der Waals surface area contributed by atoms with Gasteiger partial charge in [0.05, 0.1) is 12.0 Å². The van der Waals surface area contributed by atoms with Crippen molar-refractivity contribution in [2.45, 2.75) is 18.7 Å². The van der Waals surface area contributed by atoms with E-state index in [4.69, 9.17) is 30.3 Å². The summed E-state index contributed by atoms with van der Waals surface area (Å²) in [5, 5.41) is 6.56. The van der Waals surface area contributed by atoms with Crippen molar-refractivity contribution in [3.05, 3.63) is 39.2 Å². The van der Waals surface area contributed by atoms with Gasteiger partial charge in [-0.25, -0.2) is 22.8 Å². The van der Waals surface area contributed by atoms with Crippen LogP contribution in [-0.2, 0) is 10.0 Å². The van der Waals surface area contributed by atoms with Crippen LogP contribution >= 0.6 is 22.9 Å². The Balaban J connectivity index is 1.95. The SMILES string of the molecule is COc1c2c(cc(C(C)=O)c1N(C(=O)NS(=O)(=O)c1ccsc1)c1onc(C)c1Cl)OCO2. The Morgan fingerprint density at radius 2 is 2.09 bits per heavy atom. The molecule has 0 bridgehead atoms. The number of aryl methyl sites for hydroxylation is 1. The fourth-order valence-corrected chi connectivity index (χ4v) is 5.20. The number of thiophene rings is 1. The highest BCUT2D eigenvalue weighted by Gasteiger charge is 2.37. The molecule has 1 aromatic carbocycles. The van der Waals surface area contributed by atoms with Crippen LogP contribution in [0.2, 0.25) is 5.02 Å². The molecule has 33 heavy (non-hydrogen) atoms. The number of rotatable bonds is 6. The number of ketones is 1. The molecule has 2 amide bonds. The van der Waals surface area contributed by atoms with Crippen molar-refractivity contribution < 1.29 is 36.7 Å². The van der Waals surface area contributed by atoms with Crippen LogP contribution < -0.4 is 23.8 Å². The van der Waals surface area contributed by atoms with Crippen molar-refractivity contribution in [3.8, 4) is 17.2 Å². The number of fused-ring (bicyclic) bond motifs is 1. The van der Waals surface area contributed by atoms with Gasteiger partial charge >= 0.3 is 6.03 Å². The molecule has 1 aliphatic rings. The van der Waals surface area contributed by atoms with Crippen LogP contribution in [0.4, 0.5) is 16.4 Å². The third-order valence-corrected chi connectivity index (χ3v) is 7.19. The van der Waals surface area contributed by atoms with Gasteiger partial charge in [0.15, 0.2) is 17.3 Å². The van der Waals surface area contributed by atoms with E-state index in [-0.39, 0.29) is 56.8 Å². The van der Waals surface area contributed by atoms with Gasteiger partial charge < -0.3 is 18.7 Å². The molecule has 11 nitrogen and oxygen atoms in total. The maximum atomic E-state index is 13.4. The third kappa shape index (κ3) is 3.98. The van der Waals surface area contributed by atoms with Crippen LogP contribution in [0.3, 0.4) is 0 Å². The van der Waals surface area contributed by atoms with E-state index in [1.54, 1.807) is 5.38 Å². The van der Waals surface area contributed by atoms with Crippen LogP contribution in [0.15, 0.2) is 32.3 Å². The lowest BCUT2D eigenvalue weighted by atomic mass is 10.1. The predicted molar refractivity (Wildman–Crippen MR) is 118 cm³/mol. The molecule has 1 aliphatic heterocycles. The van der Waals surface area contributed by atoms with E-state index in [1.807, 2.05) is 4.72 Å². The Morgan fingerprint density at radius 1 is 1.33 bits per heavy atom. The molecule has 0 saturated heterocycles. The number of benzene rings is 1. The zero-order valence-corrected chi connectivity index (χ0v) is 19.8. The van der Waals surface area contributed by atoms with Crippen LogP contribution in [-0.4, -0.2) is 39.3 Å². The number of carbonyl (C=O) groups is 2. The summed E-state index contributed by atoms with van der Waals surface area (Å²) in [6.07, 6.45) is 0. The molecule has 0 atom stereocenters. The molecule has 0 spiro atoms. The number of carbonyl (C=O) groups excluding carboxylic acids is 2. The lowest BCUT2D eigenvalue weighted by molar-refractivity contribution is 0.101. The number of ether oxygens (including phenoxy) is 3. The molecule has 3 heterocycles. The fourth-order valence-electron chi connectivity index (χ4n) is 3.09. The minimum atomic E-state index is -4.27. The van der Waals surface area contributed by atoms with Gasteiger partial charge in [-0.3, -0.25) is 4.79 Å². The van der Waals surface area contributed by atoms with Crippen molar-refractivity contribution in [3.63, 3.8) is 0 Å². The van der Waals surface area contributed by atoms with Gasteiger partial charge in [-0.15, -0.1) is 0 Å². The van der Waals surface area contributed by atoms with Crippen molar-refractivity contribution >= 4 is 56.3 Å². The van der Waals surface area contributed by atoms with Crippen molar-refractivity contribution in [2.24, 2.45) is 0 Å². The molecule has 14 heteroatoms. The largest absolute Gasteiger partial charge is 0.491 e. The summed E-state index contributed by atoms with van der Waals surface area (Å²) in [7, 11) is -2.98. The van der Waals surface area contributed by atoms with Gasteiger partial charge in [0, 0.05) is 10.9 Å². The normalized spacial score (nSPS) is 12.5. The summed E-state index contributed by atoms with van der Waals surface area (Å²) in [6.45, 7) is 2.63. The van der Waals surface area contributed by atoms with E-state index in [0.29, 0.717) is 0 Å². The van der Waals surface area contributed by atoms with Gasteiger partial charge in [0.2, 0.25) is 12.5 Å². The Labute approximate surface area is 196 Å². The van der Waals surface area contributed by atoms with Crippen molar-refractivity contribution in [1.82, 2.24) is 9.88 Å². The summed E-state index contributed by atoms with van der Waals surface area (Å²) in [5.74, 6) is -0.544. The van der Waals surface area contributed by atoms with Gasteiger partial charge in [-0.1, -0.05) is 16.8 Å². The average molecular weight is 514 g/mol. The minimum Gasteiger partial charge on any atom is -0.491 e. The van der Waals surface area contributed by atoms with E-state index < -0.39 is 21.8 Å². The molecular weight excluding hydrogens is 498 g/mol. The number of aromatic nitrogens is 1. The highest BCUT2D eigenvalue weighted by molar-refractivity contribution is 7.90. The number of hydrogen-bond acceptors (Lipinski definition) is 10. The quantitative estimate of drug-likeness (QED) is 0.486. The van der Waals surface area contributed by atoms with Crippen molar-refractivity contribution in [2.75, 3.05) is 18.8 Å². The molecule has 2 aromatic heterocycles. The number of anilines is 2. The second kappa shape index (κ2) is 8.57. The van der Waals surface area contributed by atoms with Crippen LogP contribution in [0.25, 0.3) is 0 Å². The minimum absolute atomic E-state index is 0.0377. The van der Waals surface area contributed by atoms with Crippen LogP contribution in [0, 0.1) is 6.92 Å². The number of nitrogens with zero attached hydrogens (tertiary/aromatic N) is 2. The summed E-state index contributed by atoms with van der Waals surface area (Å²) in [5.41, 5.74) is 0.0314. The van der Waals surface area contributed by atoms with Gasteiger partial charge in [0.25, 0.3) is 15.9 Å². The Bertz CT molecular complexity index is 1350. The first-order valence-corrected chi connectivity index (χ1v) is 12.0. The fraction of sp³-hybridized carbons (Fsp3) is 0.211. The molecule has 0 fully saturated rings. The number of Topliss-reactive ketones (excluding diaryl/α,β-unsaturated/α-hetero) is 1. The lowest BCUT2D eigenvalue weighted by Gasteiger charge is -2.25. The Hall–Kier alpha value is -3.29. The number of amides is 2. The first kappa shape index (κ1) is 22.9. The molecule has 0 aliphatic carbocycles. The van der Waals surface area contributed by atoms with Gasteiger partial charge in [0.1, 0.15) is 16.4 Å². The number of methoxy groups -OCH3 is 1. The third-order valence-electron chi connectivity index (χ3n) is 4.61. The van der Waals surface area contributed by atoms with E-state index in [2.05, 4.69) is 5.16 Å². The molecule has 1 N–H and O–H groups in total. The van der Waals surface area contributed by atoms with Gasteiger partial charge in [-0.05, 0) is 31.4 Å². The van der Waals surface area contributed by atoms with E-state index in [0.717, 1.165) is 16.2 Å². The summed E-state index contributed by atoms with van der Waals surface area (Å²) in [6, 6.07) is 1.49. The standard InChI is InChI=1S/C19H16ClN3O8S2/c1-9-14(20)18(31-21-9)23(19(25)22-33(26,27)11-4-5-32-7-11)15-12(10(2)24)6-13-16(17(15)28-3)30-8-29-13/h4-7H,8H2,1-3H3,(H,22,25). The predicted octanol–water partition coefficient (Wildman–Crippen LogP) is 3.87. The zero-order chi connectivity index (χ0) is 23.9. The molecule has 0 unspecified atom stereocenters. The highest BCUT2D eigenvalue weighted by atomic mass is 35.5. The summed E-state index contributed by atoms with van der Waals surface area (Å²) < 4.78 is 48.9. The zero-order valence-electron chi connectivity index (χ0n) is 17.4. The van der Waals surface area contributed by atoms with Crippen LogP contribution in [0.1, 0.15) is 23.0 Å². The molecule has 3 aromatic rings. The maximum Gasteiger partial charge on any atom is 0.343 e. The number of sulfonamides is 1. The van der Waals surface area contributed by atoms with Gasteiger partial charge in [-0.2, -0.15) is 11.3 Å². The second-order valence-electron chi connectivity index (χ2n) is 6.69. The molecule has 4 rings (SSSR count).